The van der Waals surface area contributed by atoms with Crippen molar-refractivity contribution in [3.63, 3.8) is 0 Å². The number of rotatable bonds is 3. The van der Waals surface area contributed by atoms with Crippen molar-refractivity contribution in [2.75, 3.05) is 7.11 Å². The highest BCUT2D eigenvalue weighted by Crippen LogP contribution is 2.38. The van der Waals surface area contributed by atoms with Crippen molar-refractivity contribution in [1.82, 2.24) is 0 Å². The number of ether oxygens (including phenoxy) is 1. The molecule has 0 N–H and O–H groups in total. The van der Waals surface area contributed by atoms with Crippen LogP contribution in [-0.4, -0.2) is 18.9 Å². The Kier molecular flexibility index (Phi) is 3.68. The van der Waals surface area contributed by atoms with Crippen LogP contribution in [0, 0.1) is 11.8 Å². The summed E-state index contributed by atoms with van der Waals surface area (Å²) in [6.07, 6.45) is 0.660. The molecule has 0 saturated heterocycles. The van der Waals surface area contributed by atoms with Gasteiger partial charge in [0.25, 0.3) is 0 Å². The molecule has 1 aliphatic carbocycles. The van der Waals surface area contributed by atoms with Crippen LogP contribution in [0.2, 0.25) is 0 Å². The highest BCUT2D eigenvalue weighted by molar-refractivity contribution is 6.09. The van der Waals surface area contributed by atoms with Gasteiger partial charge in [0.2, 0.25) is 0 Å². The summed E-state index contributed by atoms with van der Waals surface area (Å²) in [4.78, 5) is 23.4. The number of Topliss-reactive ketones (excluding diaryl/α,β-unsaturated/α-hetero) is 1. The van der Waals surface area contributed by atoms with Crippen molar-refractivity contribution < 1.29 is 14.3 Å². The van der Waals surface area contributed by atoms with E-state index in [1.165, 1.54) is 7.11 Å². The summed E-state index contributed by atoms with van der Waals surface area (Å²) in [7, 11) is 1.37. The van der Waals surface area contributed by atoms with Crippen LogP contribution in [0.5, 0.6) is 0 Å². The molecule has 2 atom stereocenters. The quantitative estimate of drug-likeness (QED) is 0.543. The zero-order chi connectivity index (χ0) is 12.5. The van der Waals surface area contributed by atoms with Gasteiger partial charge in [-0.15, -0.1) is 0 Å². The number of allylic oxidation sites excluding steroid dienone is 2. The van der Waals surface area contributed by atoms with E-state index in [4.69, 9.17) is 4.74 Å². The summed E-state index contributed by atoms with van der Waals surface area (Å²) in [6.45, 7) is 9.15. The lowest BCUT2D eigenvalue weighted by Gasteiger charge is -2.08. The lowest BCUT2D eigenvalue weighted by atomic mass is 9.95. The van der Waals surface area contributed by atoms with Gasteiger partial charge in [-0.3, -0.25) is 9.59 Å². The number of carbonyl (C=O) groups excluding carboxylic acids is 2. The van der Waals surface area contributed by atoms with Crippen molar-refractivity contribution in [2.24, 2.45) is 11.8 Å². The second kappa shape index (κ2) is 4.64. The van der Waals surface area contributed by atoms with Crippen molar-refractivity contribution in [1.29, 1.82) is 0 Å². The van der Waals surface area contributed by atoms with Gasteiger partial charge in [0.05, 0.1) is 13.0 Å². The monoisotopic (exact) mass is 222 g/mol. The Hall–Kier alpha value is -1.38. The zero-order valence-corrected chi connectivity index (χ0v) is 10.3. The Labute approximate surface area is 96.2 Å². The van der Waals surface area contributed by atoms with Crippen LogP contribution in [0.4, 0.5) is 0 Å². The highest BCUT2D eigenvalue weighted by Gasteiger charge is 2.36. The first-order valence-corrected chi connectivity index (χ1v) is 5.38. The molecule has 3 heteroatoms. The van der Waals surface area contributed by atoms with Gasteiger partial charge in [0, 0.05) is 5.57 Å². The third kappa shape index (κ3) is 2.08. The normalized spacial score (nSPS) is 24.5. The summed E-state index contributed by atoms with van der Waals surface area (Å²) >= 11 is 0. The average Bonchev–Trinajstić information content (AvgIpc) is 2.52. The minimum atomic E-state index is -0.265. The SMILES string of the molecule is C=C(C)C(=O)C1=C(C)C(C(=O)OC)CC1C. The Morgan fingerprint density at radius 3 is 2.44 bits per heavy atom. The van der Waals surface area contributed by atoms with E-state index in [1.807, 2.05) is 13.8 Å². The maximum atomic E-state index is 11.9. The minimum absolute atomic E-state index is 0.0311. The smallest absolute Gasteiger partial charge is 0.312 e. The zero-order valence-electron chi connectivity index (χ0n) is 10.3. The molecule has 0 radical (unpaired) electrons. The molecule has 2 unspecified atom stereocenters. The number of carbonyl (C=O) groups is 2. The van der Waals surface area contributed by atoms with E-state index in [2.05, 4.69) is 6.58 Å². The predicted molar refractivity (Wildman–Crippen MR) is 61.8 cm³/mol. The topological polar surface area (TPSA) is 43.4 Å². The third-order valence-electron chi connectivity index (χ3n) is 3.15. The van der Waals surface area contributed by atoms with Gasteiger partial charge in [-0.2, -0.15) is 0 Å². The maximum Gasteiger partial charge on any atom is 0.312 e. The first-order chi connectivity index (χ1) is 7.40. The van der Waals surface area contributed by atoms with Gasteiger partial charge >= 0.3 is 5.97 Å². The molecule has 3 nitrogen and oxygen atoms in total. The minimum Gasteiger partial charge on any atom is -0.469 e. The van der Waals surface area contributed by atoms with E-state index >= 15 is 0 Å². The summed E-state index contributed by atoms with van der Waals surface area (Å²) in [5.74, 6) is -0.447. The summed E-state index contributed by atoms with van der Waals surface area (Å²) in [5.41, 5.74) is 2.10. The average molecular weight is 222 g/mol. The fourth-order valence-corrected chi connectivity index (χ4v) is 2.27. The van der Waals surface area contributed by atoms with E-state index in [0.29, 0.717) is 12.0 Å². The molecule has 0 fully saturated rings. The summed E-state index contributed by atoms with van der Waals surface area (Å²) in [6, 6.07) is 0. The molecule has 0 aromatic heterocycles. The van der Waals surface area contributed by atoms with Gasteiger partial charge in [-0.25, -0.2) is 0 Å². The van der Waals surface area contributed by atoms with Crippen LogP contribution in [0.15, 0.2) is 23.3 Å². The number of hydrogen-bond donors (Lipinski definition) is 0. The first kappa shape index (κ1) is 12.7. The fourth-order valence-electron chi connectivity index (χ4n) is 2.27. The molecule has 0 heterocycles. The molecular weight excluding hydrogens is 204 g/mol. The Morgan fingerprint density at radius 1 is 1.44 bits per heavy atom. The van der Waals surface area contributed by atoms with E-state index in [1.54, 1.807) is 6.92 Å². The lowest BCUT2D eigenvalue weighted by Crippen LogP contribution is -2.15. The van der Waals surface area contributed by atoms with Crippen molar-refractivity contribution in [3.8, 4) is 0 Å². The molecular formula is C13H18O3. The summed E-state index contributed by atoms with van der Waals surface area (Å²) < 4.78 is 4.73. The molecule has 0 spiro atoms. The first-order valence-electron chi connectivity index (χ1n) is 5.38. The molecule has 88 valence electrons. The maximum absolute atomic E-state index is 11.9. The van der Waals surface area contributed by atoms with Crippen molar-refractivity contribution in [3.05, 3.63) is 23.3 Å². The van der Waals surface area contributed by atoms with Crippen LogP contribution >= 0.6 is 0 Å². The fraction of sp³-hybridized carbons (Fsp3) is 0.538. The number of ketones is 1. The molecule has 0 aliphatic heterocycles. The van der Waals surface area contributed by atoms with E-state index in [9.17, 15) is 9.59 Å². The third-order valence-corrected chi connectivity index (χ3v) is 3.15. The van der Waals surface area contributed by atoms with Crippen LogP contribution in [0.1, 0.15) is 27.2 Å². The van der Waals surface area contributed by atoms with Gasteiger partial charge in [0.1, 0.15) is 0 Å². The van der Waals surface area contributed by atoms with Gasteiger partial charge in [0.15, 0.2) is 5.78 Å². The second-order valence-electron chi connectivity index (χ2n) is 4.42. The number of esters is 1. The molecule has 0 aromatic carbocycles. The van der Waals surface area contributed by atoms with Crippen LogP contribution in [0.25, 0.3) is 0 Å². The molecule has 0 aromatic rings. The van der Waals surface area contributed by atoms with Crippen LogP contribution in [0.3, 0.4) is 0 Å². The van der Waals surface area contributed by atoms with E-state index < -0.39 is 0 Å². The van der Waals surface area contributed by atoms with Crippen molar-refractivity contribution in [2.45, 2.75) is 27.2 Å². The molecule has 0 bridgehead atoms. The number of hydrogen-bond acceptors (Lipinski definition) is 3. The van der Waals surface area contributed by atoms with E-state index in [-0.39, 0.29) is 23.6 Å². The molecule has 1 aliphatic rings. The second-order valence-corrected chi connectivity index (χ2v) is 4.42. The van der Waals surface area contributed by atoms with Crippen LogP contribution in [-0.2, 0) is 14.3 Å². The predicted octanol–water partition coefficient (Wildman–Crippen LogP) is 2.28. The van der Waals surface area contributed by atoms with Gasteiger partial charge in [-0.1, -0.05) is 19.1 Å². The molecule has 1 rings (SSSR count). The largest absolute Gasteiger partial charge is 0.469 e. The lowest BCUT2D eigenvalue weighted by molar-refractivity contribution is -0.144. The van der Waals surface area contributed by atoms with Crippen LogP contribution < -0.4 is 0 Å². The van der Waals surface area contributed by atoms with E-state index in [0.717, 1.165) is 11.1 Å². The highest BCUT2D eigenvalue weighted by atomic mass is 16.5. The van der Waals surface area contributed by atoms with Gasteiger partial charge < -0.3 is 4.74 Å². The molecule has 16 heavy (non-hydrogen) atoms. The summed E-state index contributed by atoms with van der Waals surface area (Å²) in [5, 5.41) is 0. The Balaban J connectivity index is 3.07. The number of methoxy groups -OCH3 is 1. The standard InChI is InChI=1S/C13H18O3/c1-7(2)12(14)11-8(3)6-10(9(11)4)13(15)16-5/h8,10H,1,6H2,2-5H3. The Morgan fingerprint density at radius 2 is 2.00 bits per heavy atom. The Bertz CT molecular complexity index is 377. The molecule has 0 saturated carbocycles. The van der Waals surface area contributed by atoms with Crippen molar-refractivity contribution >= 4 is 11.8 Å². The molecule has 0 amide bonds. The van der Waals surface area contributed by atoms with Gasteiger partial charge in [-0.05, 0) is 31.8 Å².